The summed E-state index contributed by atoms with van der Waals surface area (Å²) in [5.74, 6) is -0.675. The third-order valence-electron chi connectivity index (χ3n) is 2.37. The highest BCUT2D eigenvalue weighted by Gasteiger charge is 2.07. The van der Waals surface area contributed by atoms with Gasteiger partial charge in [0.2, 0.25) is 5.88 Å². The van der Waals surface area contributed by atoms with Crippen molar-refractivity contribution in [3.05, 3.63) is 52.6 Å². The Labute approximate surface area is 102 Å². The minimum Gasteiger partial charge on any atom is -0.481 e. The van der Waals surface area contributed by atoms with E-state index in [-0.39, 0.29) is 11.1 Å². The first-order valence-electron chi connectivity index (χ1n) is 5.08. The van der Waals surface area contributed by atoms with E-state index >= 15 is 0 Å². The number of ether oxygens (including phenoxy) is 1. The van der Waals surface area contributed by atoms with Crippen LogP contribution in [0.15, 0.2) is 41.5 Å². The molecule has 0 bridgehead atoms. The maximum Gasteiger partial charge on any atom is 0.337 e. The fraction of sp³-hybridized carbons (Fsp3) is 0.0833. The molecule has 1 N–H and O–H groups in total. The van der Waals surface area contributed by atoms with Crippen LogP contribution in [-0.2, 0) is 0 Å². The number of hydrogen-bond acceptors (Lipinski definition) is 4. The van der Waals surface area contributed by atoms with Crippen molar-refractivity contribution in [2.75, 3.05) is 7.11 Å². The Kier molecular flexibility index (Phi) is 3.09. The summed E-state index contributed by atoms with van der Waals surface area (Å²) in [5, 5.41) is 8.88. The van der Waals surface area contributed by atoms with Crippen molar-refractivity contribution in [2.45, 2.75) is 0 Å². The van der Waals surface area contributed by atoms with Gasteiger partial charge in [-0.2, -0.15) is 0 Å². The Morgan fingerprint density at radius 2 is 2.11 bits per heavy atom. The number of pyridine rings is 2. The molecule has 0 atom stereocenters. The molecule has 0 radical (unpaired) electrons. The van der Waals surface area contributed by atoms with Crippen molar-refractivity contribution in [3.8, 4) is 11.6 Å². The van der Waals surface area contributed by atoms with Gasteiger partial charge in [-0.1, -0.05) is 0 Å². The minimum atomic E-state index is -1.09. The molecule has 2 aromatic rings. The molecular weight excluding hydrogens is 236 g/mol. The van der Waals surface area contributed by atoms with Crippen LogP contribution in [0.4, 0.5) is 0 Å². The zero-order valence-electron chi connectivity index (χ0n) is 9.53. The van der Waals surface area contributed by atoms with Crippen LogP contribution >= 0.6 is 0 Å². The van der Waals surface area contributed by atoms with Crippen LogP contribution in [0.5, 0.6) is 5.88 Å². The van der Waals surface area contributed by atoms with E-state index in [0.717, 1.165) is 0 Å². The smallest absolute Gasteiger partial charge is 0.337 e. The Morgan fingerprint density at radius 1 is 1.33 bits per heavy atom. The van der Waals surface area contributed by atoms with Crippen LogP contribution in [0.1, 0.15) is 10.4 Å². The molecule has 0 saturated carbocycles. The molecule has 6 heteroatoms. The van der Waals surface area contributed by atoms with E-state index in [2.05, 4.69) is 4.98 Å². The van der Waals surface area contributed by atoms with Gasteiger partial charge in [-0.25, -0.2) is 9.78 Å². The molecule has 18 heavy (non-hydrogen) atoms. The summed E-state index contributed by atoms with van der Waals surface area (Å²) in [5.41, 5.74) is 0.182. The molecule has 0 aliphatic heterocycles. The van der Waals surface area contributed by atoms with Crippen molar-refractivity contribution in [2.24, 2.45) is 0 Å². The van der Waals surface area contributed by atoms with E-state index in [4.69, 9.17) is 9.84 Å². The lowest BCUT2D eigenvalue weighted by atomic mass is 10.3. The summed E-state index contributed by atoms with van der Waals surface area (Å²) in [7, 11) is 1.49. The molecule has 0 spiro atoms. The van der Waals surface area contributed by atoms with Crippen molar-refractivity contribution in [1.29, 1.82) is 0 Å². The standard InChI is InChI=1S/C12H10N2O4/c1-18-10-4-3-9(6-13-10)14-7-8(12(16)17)2-5-11(14)15/h2-7H,1H3,(H,16,17). The molecule has 92 valence electrons. The van der Waals surface area contributed by atoms with Gasteiger partial charge >= 0.3 is 5.97 Å². The van der Waals surface area contributed by atoms with Gasteiger partial charge in [0.1, 0.15) is 0 Å². The average molecular weight is 246 g/mol. The van der Waals surface area contributed by atoms with Gasteiger partial charge in [0.15, 0.2) is 0 Å². The zero-order valence-corrected chi connectivity index (χ0v) is 9.53. The number of carboxylic acid groups (broad SMARTS) is 1. The summed E-state index contributed by atoms with van der Waals surface area (Å²) >= 11 is 0. The number of rotatable bonds is 3. The van der Waals surface area contributed by atoms with Gasteiger partial charge in [-0.15, -0.1) is 0 Å². The quantitative estimate of drug-likeness (QED) is 0.871. The fourth-order valence-corrected chi connectivity index (χ4v) is 1.45. The molecular formula is C12H10N2O4. The largest absolute Gasteiger partial charge is 0.481 e. The monoisotopic (exact) mass is 246 g/mol. The molecule has 2 aromatic heterocycles. The van der Waals surface area contributed by atoms with Crippen LogP contribution in [0.3, 0.4) is 0 Å². The molecule has 0 aliphatic carbocycles. The number of carbonyl (C=O) groups is 1. The van der Waals surface area contributed by atoms with Crippen LogP contribution in [-0.4, -0.2) is 27.7 Å². The predicted octanol–water partition coefficient (Wildman–Crippen LogP) is 0.939. The van der Waals surface area contributed by atoms with Crippen molar-refractivity contribution < 1.29 is 14.6 Å². The lowest BCUT2D eigenvalue weighted by molar-refractivity contribution is 0.0696. The topological polar surface area (TPSA) is 81.4 Å². The van der Waals surface area contributed by atoms with Crippen LogP contribution in [0.25, 0.3) is 5.69 Å². The minimum absolute atomic E-state index is 0.0328. The van der Waals surface area contributed by atoms with E-state index in [1.54, 1.807) is 12.1 Å². The van der Waals surface area contributed by atoms with Crippen LogP contribution in [0.2, 0.25) is 0 Å². The summed E-state index contributed by atoms with van der Waals surface area (Å²) in [6, 6.07) is 5.68. The van der Waals surface area contributed by atoms with E-state index in [1.807, 2.05) is 0 Å². The van der Waals surface area contributed by atoms with E-state index in [0.29, 0.717) is 11.6 Å². The van der Waals surface area contributed by atoms with Gasteiger partial charge < -0.3 is 9.84 Å². The Hall–Kier alpha value is -2.63. The summed E-state index contributed by atoms with van der Waals surface area (Å²) in [6.45, 7) is 0. The lowest BCUT2D eigenvalue weighted by Crippen LogP contribution is -2.18. The number of carboxylic acids is 1. The molecule has 0 saturated heterocycles. The van der Waals surface area contributed by atoms with Gasteiger partial charge in [0, 0.05) is 18.3 Å². The number of aromatic nitrogens is 2. The molecule has 0 amide bonds. The van der Waals surface area contributed by atoms with E-state index in [9.17, 15) is 9.59 Å². The summed E-state index contributed by atoms with van der Waals surface area (Å²) in [6.07, 6.45) is 2.69. The summed E-state index contributed by atoms with van der Waals surface area (Å²) < 4.78 is 6.12. The second kappa shape index (κ2) is 4.70. The Morgan fingerprint density at radius 3 is 2.67 bits per heavy atom. The Bertz CT molecular complexity index is 631. The van der Waals surface area contributed by atoms with Gasteiger partial charge in [-0.3, -0.25) is 9.36 Å². The molecule has 0 aliphatic rings. The third kappa shape index (κ3) is 2.22. The number of nitrogens with zero attached hydrogens (tertiary/aromatic N) is 2. The molecule has 6 nitrogen and oxygen atoms in total. The van der Waals surface area contributed by atoms with E-state index < -0.39 is 5.97 Å². The zero-order chi connectivity index (χ0) is 13.1. The second-order valence-electron chi connectivity index (χ2n) is 3.49. The highest BCUT2D eigenvalue weighted by molar-refractivity contribution is 5.87. The normalized spacial score (nSPS) is 10.1. The van der Waals surface area contributed by atoms with Crippen LogP contribution < -0.4 is 10.3 Å². The first-order valence-corrected chi connectivity index (χ1v) is 5.08. The Balaban J connectivity index is 2.51. The lowest BCUT2D eigenvalue weighted by Gasteiger charge is -2.06. The van der Waals surface area contributed by atoms with Gasteiger partial charge in [-0.05, 0) is 12.1 Å². The maximum atomic E-state index is 11.7. The second-order valence-corrected chi connectivity index (χ2v) is 3.49. The number of hydrogen-bond donors (Lipinski definition) is 1. The van der Waals surface area contributed by atoms with Crippen LogP contribution in [0, 0.1) is 0 Å². The van der Waals surface area contributed by atoms with E-state index in [1.165, 1.54) is 36.2 Å². The third-order valence-corrected chi connectivity index (χ3v) is 2.37. The number of aromatic carboxylic acids is 1. The van der Waals surface area contributed by atoms with Crippen molar-refractivity contribution in [3.63, 3.8) is 0 Å². The molecule has 0 unspecified atom stereocenters. The average Bonchev–Trinajstić information content (AvgIpc) is 2.39. The highest BCUT2D eigenvalue weighted by atomic mass is 16.5. The maximum absolute atomic E-state index is 11.7. The number of methoxy groups -OCH3 is 1. The highest BCUT2D eigenvalue weighted by Crippen LogP contribution is 2.10. The first kappa shape index (κ1) is 11.8. The molecule has 2 rings (SSSR count). The first-order chi connectivity index (χ1) is 8.61. The fourth-order valence-electron chi connectivity index (χ4n) is 1.45. The predicted molar refractivity (Wildman–Crippen MR) is 63.3 cm³/mol. The van der Waals surface area contributed by atoms with Crippen molar-refractivity contribution in [1.82, 2.24) is 9.55 Å². The SMILES string of the molecule is COc1ccc(-n2cc(C(=O)O)ccc2=O)cn1. The van der Waals surface area contributed by atoms with Gasteiger partial charge in [0.25, 0.3) is 5.56 Å². The van der Waals surface area contributed by atoms with Gasteiger partial charge in [0.05, 0.1) is 24.6 Å². The molecule has 2 heterocycles. The molecule has 0 fully saturated rings. The molecule has 0 aromatic carbocycles. The van der Waals surface area contributed by atoms with Crippen molar-refractivity contribution >= 4 is 5.97 Å². The summed E-state index contributed by atoms with van der Waals surface area (Å²) in [4.78, 5) is 26.5.